The van der Waals surface area contributed by atoms with Crippen LogP contribution >= 0.6 is 0 Å². The van der Waals surface area contributed by atoms with Crippen molar-refractivity contribution in [1.29, 1.82) is 0 Å². The monoisotopic (exact) mass is 417 g/mol. The average molecular weight is 417 g/mol. The molecule has 0 aliphatic carbocycles. The number of rotatable bonds is 5. The van der Waals surface area contributed by atoms with E-state index in [4.69, 9.17) is 4.74 Å². The molecule has 156 valence electrons. The van der Waals surface area contributed by atoms with Crippen LogP contribution in [0.3, 0.4) is 0 Å². The minimum atomic E-state index is -0.696. The molecule has 3 aromatic carbocycles. The first-order valence-electron chi connectivity index (χ1n) is 9.63. The second kappa shape index (κ2) is 7.91. The first-order valence-corrected chi connectivity index (χ1v) is 9.63. The fourth-order valence-electron chi connectivity index (χ4n) is 3.44. The number of ether oxygens (including phenoxy) is 1. The first kappa shape index (κ1) is 20.1. The van der Waals surface area contributed by atoms with Gasteiger partial charge in [-0.3, -0.25) is 14.9 Å². The number of hydrogen-bond acceptors (Lipinski definition) is 6. The molecule has 1 heterocycles. The summed E-state index contributed by atoms with van der Waals surface area (Å²) in [5.74, 6) is -0.911. The van der Waals surface area contributed by atoms with E-state index in [0.29, 0.717) is 22.5 Å². The number of carbonyl (C=O) groups is 1. The molecule has 0 unspecified atom stereocenters. The fraction of sp³-hybridized carbons (Fsp3) is 0.130. The zero-order chi connectivity index (χ0) is 22.1. The molecule has 0 aromatic heterocycles. The Balaban J connectivity index is 1.73. The number of anilines is 1. The van der Waals surface area contributed by atoms with E-state index in [-0.39, 0.29) is 18.3 Å². The van der Waals surface area contributed by atoms with E-state index in [1.54, 1.807) is 13.8 Å². The third-order valence-corrected chi connectivity index (χ3v) is 4.92. The Labute approximate surface area is 177 Å². The Hall–Kier alpha value is -4.20. The quantitative estimate of drug-likeness (QED) is 0.369. The predicted molar refractivity (Wildman–Crippen MR) is 118 cm³/mol. The molecule has 0 radical (unpaired) electrons. The number of carbonyl (C=O) groups excluding carboxylic acids is 1. The maximum Gasteiger partial charge on any atom is 0.315 e. The highest BCUT2D eigenvalue weighted by Gasteiger charge is 2.29. The van der Waals surface area contributed by atoms with Gasteiger partial charge in [-0.25, -0.2) is 0 Å². The number of amides is 1. The third-order valence-electron chi connectivity index (χ3n) is 4.92. The number of fused-ring (bicyclic) bond motifs is 1. The van der Waals surface area contributed by atoms with Gasteiger partial charge in [-0.1, -0.05) is 30.3 Å². The van der Waals surface area contributed by atoms with Crippen LogP contribution in [0, 0.1) is 10.1 Å². The van der Waals surface area contributed by atoms with E-state index >= 15 is 0 Å². The Morgan fingerprint density at radius 3 is 2.61 bits per heavy atom. The zero-order valence-electron chi connectivity index (χ0n) is 16.9. The summed E-state index contributed by atoms with van der Waals surface area (Å²) in [7, 11) is 0. The Kier molecular flexibility index (Phi) is 5.12. The van der Waals surface area contributed by atoms with Crippen LogP contribution in [-0.4, -0.2) is 28.3 Å². The molecule has 3 aromatic rings. The van der Waals surface area contributed by atoms with Crippen molar-refractivity contribution in [3.63, 3.8) is 0 Å². The summed E-state index contributed by atoms with van der Waals surface area (Å²) in [5, 5.41) is 29.1. The predicted octanol–water partition coefficient (Wildman–Crippen LogP) is 4.66. The number of hydrazone groups is 1. The Bertz CT molecular complexity index is 1280. The van der Waals surface area contributed by atoms with Crippen LogP contribution in [0.2, 0.25) is 0 Å². The summed E-state index contributed by atoms with van der Waals surface area (Å²) in [4.78, 5) is 23.7. The van der Waals surface area contributed by atoms with Crippen LogP contribution in [0.1, 0.15) is 19.4 Å². The lowest BCUT2D eigenvalue weighted by atomic mass is 10.1. The Morgan fingerprint density at radius 1 is 1.16 bits per heavy atom. The second-order valence-corrected chi connectivity index (χ2v) is 6.97. The van der Waals surface area contributed by atoms with E-state index < -0.39 is 16.4 Å². The number of aromatic hydroxyl groups is 1. The standard InChI is InChI=1S/C23H19N3O5/c1-3-31-21-12-15(11-20(22(21)27)26(29)30)10-19-14(2)24-25(23(19)28)18-9-8-16-6-4-5-7-17(16)13-18/h4-13,27H,3H2,1-2H3. The molecule has 1 N–H and O–H groups in total. The number of nitrogens with zero attached hydrogens (tertiary/aromatic N) is 3. The molecule has 1 aliphatic heterocycles. The summed E-state index contributed by atoms with van der Waals surface area (Å²) < 4.78 is 5.31. The summed E-state index contributed by atoms with van der Waals surface area (Å²) >= 11 is 0. The van der Waals surface area contributed by atoms with Crippen LogP contribution in [0.5, 0.6) is 11.5 Å². The van der Waals surface area contributed by atoms with Gasteiger partial charge in [0.2, 0.25) is 5.75 Å². The molecule has 0 fully saturated rings. The number of phenols is 1. The van der Waals surface area contributed by atoms with Gasteiger partial charge in [0.1, 0.15) is 0 Å². The highest BCUT2D eigenvalue weighted by atomic mass is 16.6. The van der Waals surface area contributed by atoms with E-state index in [2.05, 4.69) is 5.10 Å². The lowest BCUT2D eigenvalue weighted by Crippen LogP contribution is -2.21. The fourth-order valence-corrected chi connectivity index (χ4v) is 3.44. The smallest absolute Gasteiger partial charge is 0.315 e. The highest BCUT2D eigenvalue weighted by molar-refractivity contribution is 6.32. The van der Waals surface area contributed by atoms with Crippen molar-refractivity contribution < 1.29 is 19.6 Å². The average Bonchev–Trinajstić information content (AvgIpc) is 3.03. The number of nitro benzene ring substituents is 1. The topological polar surface area (TPSA) is 105 Å². The summed E-state index contributed by atoms with van der Waals surface area (Å²) in [6.07, 6.45) is 1.51. The highest BCUT2D eigenvalue weighted by Crippen LogP contribution is 2.38. The second-order valence-electron chi connectivity index (χ2n) is 6.97. The molecule has 1 amide bonds. The third kappa shape index (κ3) is 3.71. The molecule has 1 aliphatic rings. The minimum absolute atomic E-state index is 0.0185. The van der Waals surface area contributed by atoms with Crippen molar-refractivity contribution >= 4 is 39.8 Å². The zero-order valence-corrected chi connectivity index (χ0v) is 16.9. The van der Waals surface area contributed by atoms with Crippen LogP contribution in [0.25, 0.3) is 16.8 Å². The van der Waals surface area contributed by atoms with Gasteiger partial charge in [0.25, 0.3) is 5.91 Å². The SMILES string of the molecule is CCOc1cc(C=C2C(=O)N(c3ccc4ccccc4c3)N=C2C)cc([N+](=O)[O-])c1O. The minimum Gasteiger partial charge on any atom is -0.500 e. The number of nitro groups is 1. The van der Waals surface area contributed by atoms with Gasteiger partial charge in [-0.15, -0.1) is 0 Å². The van der Waals surface area contributed by atoms with Crippen LogP contribution in [-0.2, 0) is 4.79 Å². The van der Waals surface area contributed by atoms with Crippen molar-refractivity contribution in [2.45, 2.75) is 13.8 Å². The number of phenolic OH excluding ortho intramolecular Hbond substituents is 1. The molecule has 0 bridgehead atoms. The van der Waals surface area contributed by atoms with E-state index in [1.807, 2.05) is 42.5 Å². The van der Waals surface area contributed by atoms with Crippen molar-refractivity contribution in [3.05, 3.63) is 75.8 Å². The van der Waals surface area contributed by atoms with Crippen LogP contribution in [0.15, 0.2) is 65.3 Å². The first-order chi connectivity index (χ1) is 14.9. The lowest BCUT2D eigenvalue weighted by molar-refractivity contribution is -0.386. The van der Waals surface area contributed by atoms with Gasteiger partial charge in [0.05, 0.1) is 28.5 Å². The van der Waals surface area contributed by atoms with Gasteiger partial charge >= 0.3 is 5.69 Å². The number of hydrogen-bond donors (Lipinski definition) is 1. The van der Waals surface area contributed by atoms with E-state index in [0.717, 1.165) is 10.8 Å². The molecule has 0 saturated carbocycles. The maximum absolute atomic E-state index is 13.1. The van der Waals surface area contributed by atoms with Crippen molar-refractivity contribution in [3.8, 4) is 11.5 Å². The normalized spacial score (nSPS) is 14.9. The summed E-state index contributed by atoms with van der Waals surface area (Å²) in [5.41, 5.74) is 1.26. The summed E-state index contributed by atoms with van der Waals surface area (Å²) in [6, 6.07) is 16.1. The van der Waals surface area contributed by atoms with Gasteiger partial charge in [-0.05, 0) is 54.5 Å². The van der Waals surface area contributed by atoms with Crippen LogP contribution in [0.4, 0.5) is 11.4 Å². The number of benzene rings is 3. The lowest BCUT2D eigenvalue weighted by Gasteiger charge is -2.12. The van der Waals surface area contributed by atoms with Gasteiger partial charge in [-0.2, -0.15) is 10.1 Å². The maximum atomic E-state index is 13.1. The van der Waals surface area contributed by atoms with E-state index in [1.165, 1.54) is 23.2 Å². The molecule has 0 atom stereocenters. The van der Waals surface area contributed by atoms with Gasteiger partial charge < -0.3 is 9.84 Å². The molecule has 0 saturated heterocycles. The van der Waals surface area contributed by atoms with Crippen molar-refractivity contribution in [1.82, 2.24) is 0 Å². The van der Waals surface area contributed by atoms with Gasteiger partial charge in [0.15, 0.2) is 5.75 Å². The molecule has 0 spiro atoms. The molecular weight excluding hydrogens is 398 g/mol. The molecule has 8 heteroatoms. The molecular formula is C23H19N3O5. The Morgan fingerprint density at radius 2 is 1.90 bits per heavy atom. The summed E-state index contributed by atoms with van der Waals surface area (Å²) in [6.45, 7) is 3.62. The van der Waals surface area contributed by atoms with Crippen molar-refractivity contribution in [2.75, 3.05) is 11.6 Å². The largest absolute Gasteiger partial charge is 0.500 e. The molecule has 31 heavy (non-hydrogen) atoms. The molecule has 4 rings (SSSR count). The van der Waals surface area contributed by atoms with Crippen LogP contribution < -0.4 is 9.75 Å². The van der Waals surface area contributed by atoms with Gasteiger partial charge in [0, 0.05) is 6.07 Å². The van der Waals surface area contributed by atoms with Crippen molar-refractivity contribution in [2.24, 2.45) is 5.10 Å². The van der Waals surface area contributed by atoms with E-state index in [9.17, 15) is 20.0 Å². The molecule has 8 nitrogen and oxygen atoms in total.